The molecule has 1 aliphatic rings. The third-order valence-electron chi connectivity index (χ3n) is 3.77. The number of anilines is 1. The minimum absolute atomic E-state index is 0.00185. The van der Waals surface area contributed by atoms with Gasteiger partial charge in [0, 0.05) is 17.0 Å². The van der Waals surface area contributed by atoms with Crippen LogP contribution in [-0.2, 0) is 6.54 Å². The van der Waals surface area contributed by atoms with Crippen LogP contribution in [0.2, 0.25) is 5.02 Å². The Balaban J connectivity index is 1.71. The number of nitro benzene ring substituents is 1. The number of nitrogens with zero attached hydrogens (tertiary/aromatic N) is 1. The Bertz CT molecular complexity index is 683. The van der Waals surface area contributed by atoms with Crippen molar-refractivity contribution in [1.82, 2.24) is 0 Å². The molecule has 0 aliphatic heterocycles. The molecule has 1 saturated carbocycles. The van der Waals surface area contributed by atoms with Gasteiger partial charge in [0.2, 0.25) is 0 Å². The number of rotatable bonds is 5. The van der Waals surface area contributed by atoms with Crippen LogP contribution in [0.3, 0.4) is 0 Å². The molecule has 0 saturated heterocycles. The maximum absolute atomic E-state index is 11.0. The topological polar surface area (TPSA) is 68.3 Å². The molecule has 2 unspecified atom stereocenters. The maximum Gasteiger partial charge on any atom is 0.292 e. The van der Waals surface area contributed by atoms with Gasteiger partial charge in [0.05, 0.1) is 11.5 Å². The van der Waals surface area contributed by atoms with Crippen molar-refractivity contribution in [3.05, 3.63) is 57.0 Å². The minimum atomic E-state index is -0.432. The molecule has 6 heteroatoms. The molecule has 2 atom stereocenters. The highest BCUT2D eigenvalue weighted by Gasteiger charge is 2.36. The van der Waals surface area contributed by atoms with E-state index in [1.807, 2.05) is 12.1 Å². The van der Waals surface area contributed by atoms with Gasteiger partial charge in [-0.3, -0.25) is 10.1 Å². The van der Waals surface area contributed by atoms with Crippen molar-refractivity contribution in [2.24, 2.45) is 5.92 Å². The smallest absolute Gasteiger partial charge is 0.292 e. The zero-order chi connectivity index (χ0) is 15.0. The molecule has 1 N–H and O–H groups in total. The standard InChI is InChI=1S/C15H15ClN2O3/c1-9-6-12(9)15-5-3-11(21-15)8-17-13-7-10(16)2-4-14(13)18(19)20/h2-5,7,9,12,17H,6,8H2,1H3. The van der Waals surface area contributed by atoms with E-state index >= 15 is 0 Å². The van der Waals surface area contributed by atoms with Gasteiger partial charge in [-0.1, -0.05) is 18.5 Å². The molecule has 1 aromatic carbocycles. The van der Waals surface area contributed by atoms with E-state index in [-0.39, 0.29) is 5.69 Å². The van der Waals surface area contributed by atoms with Gasteiger partial charge in [-0.15, -0.1) is 0 Å². The molecule has 2 aromatic rings. The van der Waals surface area contributed by atoms with Gasteiger partial charge in [0.25, 0.3) is 5.69 Å². The van der Waals surface area contributed by atoms with E-state index in [4.69, 9.17) is 16.0 Å². The average molecular weight is 307 g/mol. The minimum Gasteiger partial charge on any atom is -0.464 e. The van der Waals surface area contributed by atoms with Crippen molar-refractivity contribution >= 4 is 23.0 Å². The van der Waals surface area contributed by atoms with Gasteiger partial charge >= 0.3 is 0 Å². The average Bonchev–Trinajstić information content (AvgIpc) is 2.99. The third kappa shape index (κ3) is 3.03. The van der Waals surface area contributed by atoms with E-state index in [2.05, 4.69) is 12.2 Å². The fraction of sp³-hybridized carbons (Fsp3) is 0.333. The lowest BCUT2D eigenvalue weighted by atomic mass is 10.2. The number of halogens is 1. The number of benzene rings is 1. The number of furan rings is 1. The van der Waals surface area contributed by atoms with Crippen molar-refractivity contribution in [1.29, 1.82) is 0 Å². The first-order valence-corrected chi connectivity index (χ1v) is 7.19. The monoisotopic (exact) mass is 306 g/mol. The van der Waals surface area contributed by atoms with Crippen LogP contribution in [0.5, 0.6) is 0 Å². The van der Waals surface area contributed by atoms with Gasteiger partial charge < -0.3 is 9.73 Å². The third-order valence-corrected chi connectivity index (χ3v) is 4.00. The fourth-order valence-electron chi connectivity index (χ4n) is 2.40. The lowest BCUT2D eigenvalue weighted by Gasteiger charge is -2.06. The summed E-state index contributed by atoms with van der Waals surface area (Å²) in [4.78, 5) is 10.5. The van der Waals surface area contributed by atoms with Gasteiger partial charge in [0.1, 0.15) is 17.2 Å². The lowest BCUT2D eigenvalue weighted by Crippen LogP contribution is -2.01. The van der Waals surface area contributed by atoms with Crippen molar-refractivity contribution in [3.63, 3.8) is 0 Å². The fourth-order valence-corrected chi connectivity index (χ4v) is 2.57. The van der Waals surface area contributed by atoms with Crippen LogP contribution in [0.15, 0.2) is 34.7 Å². The summed E-state index contributed by atoms with van der Waals surface area (Å²) < 4.78 is 5.76. The van der Waals surface area contributed by atoms with Crippen LogP contribution in [0.4, 0.5) is 11.4 Å². The summed E-state index contributed by atoms with van der Waals surface area (Å²) in [6.45, 7) is 2.59. The first kappa shape index (κ1) is 13.9. The lowest BCUT2D eigenvalue weighted by molar-refractivity contribution is -0.384. The number of nitrogens with one attached hydrogen (secondary N) is 1. The Labute approximate surface area is 127 Å². The zero-order valence-electron chi connectivity index (χ0n) is 11.5. The van der Waals surface area contributed by atoms with Crippen molar-refractivity contribution < 1.29 is 9.34 Å². The molecule has 1 aromatic heterocycles. The SMILES string of the molecule is CC1CC1c1ccc(CNc2cc(Cl)ccc2[N+](=O)[O-])o1. The van der Waals surface area contributed by atoms with Gasteiger partial charge in [-0.25, -0.2) is 0 Å². The predicted molar refractivity (Wildman–Crippen MR) is 80.7 cm³/mol. The Morgan fingerprint density at radius 3 is 2.86 bits per heavy atom. The molecule has 0 spiro atoms. The van der Waals surface area contributed by atoms with Gasteiger partial charge in [-0.05, 0) is 36.6 Å². The second-order valence-corrected chi connectivity index (χ2v) is 5.83. The molecule has 0 bridgehead atoms. The van der Waals surface area contributed by atoms with E-state index in [9.17, 15) is 10.1 Å². The van der Waals surface area contributed by atoms with Crippen LogP contribution in [-0.4, -0.2) is 4.92 Å². The molecule has 21 heavy (non-hydrogen) atoms. The van der Waals surface area contributed by atoms with Crippen LogP contribution in [0, 0.1) is 16.0 Å². The molecule has 110 valence electrons. The summed E-state index contributed by atoms with van der Waals surface area (Å²) in [6.07, 6.45) is 1.17. The Kier molecular flexibility index (Phi) is 3.59. The summed E-state index contributed by atoms with van der Waals surface area (Å²) in [5.74, 6) is 2.98. The van der Waals surface area contributed by atoms with Crippen molar-refractivity contribution in [2.75, 3.05) is 5.32 Å². The molecule has 0 amide bonds. The second-order valence-electron chi connectivity index (χ2n) is 5.40. The highest BCUT2D eigenvalue weighted by molar-refractivity contribution is 6.31. The molecule has 1 fully saturated rings. The Morgan fingerprint density at radius 1 is 1.43 bits per heavy atom. The van der Waals surface area contributed by atoms with Crippen molar-refractivity contribution in [2.45, 2.75) is 25.8 Å². The Hall–Kier alpha value is -2.01. The van der Waals surface area contributed by atoms with E-state index in [0.717, 1.165) is 11.5 Å². The molecular weight excluding hydrogens is 292 g/mol. The summed E-state index contributed by atoms with van der Waals surface area (Å²) in [5, 5.41) is 14.5. The molecule has 1 aliphatic carbocycles. The highest BCUT2D eigenvalue weighted by atomic mass is 35.5. The van der Waals surface area contributed by atoms with Crippen LogP contribution < -0.4 is 5.32 Å². The van der Waals surface area contributed by atoms with E-state index < -0.39 is 4.92 Å². The van der Waals surface area contributed by atoms with Crippen molar-refractivity contribution in [3.8, 4) is 0 Å². The number of nitro groups is 1. The zero-order valence-corrected chi connectivity index (χ0v) is 12.3. The van der Waals surface area contributed by atoms with Crippen LogP contribution >= 0.6 is 11.6 Å². The van der Waals surface area contributed by atoms with E-state index in [1.165, 1.54) is 18.6 Å². The van der Waals surface area contributed by atoms with E-state index in [1.54, 1.807) is 6.07 Å². The molecule has 5 nitrogen and oxygen atoms in total. The quantitative estimate of drug-likeness (QED) is 0.648. The Morgan fingerprint density at radius 2 is 2.19 bits per heavy atom. The first-order valence-electron chi connectivity index (χ1n) is 6.81. The van der Waals surface area contributed by atoms with Crippen LogP contribution in [0.25, 0.3) is 0 Å². The molecule has 0 radical (unpaired) electrons. The van der Waals surface area contributed by atoms with Gasteiger partial charge in [0.15, 0.2) is 0 Å². The summed E-state index contributed by atoms with van der Waals surface area (Å²) >= 11 is 5.89. The highest BCUT2D eigenvalue weighted by Crippen LogP contribution is 2.47. The largest absolute Gasteiger partial charge is 0.464 e. The molecular formula is C15H15ClN2O3. The summed E-state index contributed by atoms with van der Waals surface area (Å²) in [7, 11) is 0. The second kappa shape index (κ2) is 5.41. The normalized spacial score (nSPS) is 20.3. The number of hydrogen-bond donors (Lipinski definition) is 1. The summed E-state index contributed by atoms with van der Waals surface area (Å²) in [6, 6.07) is 8.34. The molecule has 1 heterocycles. The van der Waals surface area contributed by atoms with Gasteiger partial charge in [-0.2, -0.15) is 0 Å². The van der Waals surface area contributed by atoms with Crippen LogP contribution in [0.1, 0.15) is 30.8 Å². The predicted octanol–water partition coefficient (Wildman–Crippen LogP) is 4.58. The molecule has 3 rings (SSSR count). The van der Waals surface area contributed by atoms with E-state index in [0.29, 0.717) is 29.1 Å². The number of hydrogen-bond acceptors (Lipinski definition) is 4. The maximum atomic E-state index is 11.0. The summed E-state index contributed by atoms with van der Waals surface area (Å²) in [5.41, 5.74) is 0.396. The first-order chi connectivity index (χ1) is 10.0.